The molecule has 14 nitrogen and oxygen atoms in total. The van der Waals surface area contributed by atoms with E-state index in [9.17, 15) is 19.8 Å². The van der Waals surface area contributed by atoms with E-state index in [0.29, 0.717) is 28.7 Å². The average molecular weight is 710 g/mol. The number of anilines is 3. The van der Waals surface area contributed by atoms with Gasteiger partial charge in [-0.3, -0.25) is 0 Å². The molecule has 252 valence electrons. The van der Waals surface area contributed by atoms with Crippen molar-refractivity contribution in [1.82, 2.24) is 30.4 Å². The number of nitrogens with one attached hydrogen (secondary N) is 1. The van der Waals surface area contributed by atoms with Crippen LogP contribution in [0.15, 0.2) is 48.5 Å². The van der Waals surface area contributed by atoms with E-state index in [2.05, 4.69) is 40.4 Å². The highest BCUT2D eigenvalue weighted by Crippen LogP contribution is 2.24. The lowest BCUT2D eigenvalue weighted by Crippen LogP contribution is -2.18. The first-order chi connectivity index (χ1) is 22.0. The van der Waals surface area contributed by atoms with Gasteiger partial charge >= 0.3 is 11.9 Å². The number of rotatable bonds is 8. The molecule has 0 bridgehead atoms. The molecule has 0 atom stereocenters. The van der Waals surface area contributed by atoms with Crippen LogP contribution in [0.2, 0.25) is 15.3 Å². The first kappa shape index (κ1) is 39.0. The van der Waals surface area contributed by atoms with Gasteiger partial charge in [0.15, 0.2) is 21.7 Å². The zero-order chi connectivity index (χ0) is 35.4. The van der Waals surface area contributed by atoms with Gasteiger partial charge in [-0.05, 0) is 71.9 Å². The quantitative estimate of drug-likeness (QED) is 0.166. The van der Waals surface area contributed by atoms with Crippen LogP contribution in [0.25, 0.3) is 0 Å². The standard InChI is InChI=1S/C15H17ClN4O3.C8H12N2O.C7H6Cl2N2O2/c1-4-23-14(21)13-9(8-11(16)19-20-13)17-12-7-5-6-10(18-12)15(2,3)22;1-8(2,11)6-4-3-5-7(9)10-6;1-2-13-7(12)6-4(8)3-5(9)10-11-6/h5-8,22H,4H2,1-3H3,(H,17,18,19);3-5,11H,1-2H3,(H2,9,10);3H,2H2,1H3. The van der Waals surface area contributed by atoms with E-state index in [1.807, 2.05) is 0 Å². The smallest absolute Gasteiger partial charge is 0.361 e. The maximum absolute atomic E-state index is 11.9. The summed E-state index contributed by atoms with van der Waals surface area (Å²) < 4.78 is 9.62. The van der Waals surface area contributed by atoms with Crippen LogP contribution < -0.4 is 11.1 Å². The zero-order valence-electron chi connectivity index (χ0n) is 26.5. The van der Waals surface area contributed by atoms with Crippen molar-refractivity contribution < 1.29 is 29.3 Å². The van der Waals surface area contributed by atoms with Gasteiger partial charge in [-0.1, -0.05) is 46.9 Å². The number of aliphatic hydroxyl groups is 2. The molecular formula is C30H35Cl3N8O6. The van der Waals surface area contributed by atoms with Crippen LogP contribution in [0, 0.1) is 0 Å². The minimum absolute atomic E-state index is 0.00621. The molecule has 47 heavy (non-hydrogen) atoms. The summed E-state index contributed by atoms with van der Waals surface area (Å²) in [5.74, 6) is -0.349. The fourth-order valence-electron chi connectivity index (χ4n) is 3.27. The lowest BCUT2D eigenvalue weighted by Gasteiger charge is -2.17. The van der Waals surface area contributed by atoms with Crippen LogP contribution in [0.1, 0.15) is 73.9 Å². The van der Waals surface area contributed by atoms with E-state index in [1.54, 1.807) is 77.9 Å². The van der Waals surface area contributed by atoms with Gasteiger partial charge in [0.05, 0.1) is 35.3 Å². The second kappa shape index (κ2) is 17.6. The van der Waals surface area contributed by atoms with Crippen LogP contribution >= 0.6 is 34.8 Å². The number of esters is 2. The van der Waals surface area contributed by atoms with Gasteiger partial charge in [0.1, 0.15) is 22.8 Å². The number of ether oxygens (including phenoxy) is 2. The number of aromatic nitrogens is 6. The topological polar surface area (TPSA) is 208 Å². The Hall–Kier alpha value is -4.21. The lowest BCUT2D eigenvalue weighted by molar-refractivity contribution is 0.0509. The van der Waals surface area contributed by atoms with Gasteiger partial charge in [-0.25, -0.2) is 19.6 Å². The maximum Gasteiger partial charge on any atom is 0.361 e. The van der Waals surface area contributed by atoms with Gasteiger partial charge < -0.3 is 30.7 Å². The predicted molar refractivity (Wildman–Crippen MR) is 178 cm³/mol. The van der Waals surface area contributed by atoms with Crippen molar-refractivity contribution in [2.45, 2.75) is 52.7 Å². The van der Waals surface area contributed by atoms with E-state index >= 15 is 0 Å². The molecule has 0 saturated heterocycles. The van der Waals surface area contributed by atoms with Crippen molar-refractivity contribution in [3.8, 4) is 0 Å². The Morgan fingerprint density at radius 3 is 1.74 bits per heavy atom. The molecule has 4 aromatic rings. The second-order valence-electron chi connectivity index (χ2n) is 10.3. The van der Waals surface area contributed by atoms with Crippen LogP contribution in [-0.4, -0.2) is 65.7 Å². The summed E-state index contributed by atoms with van der Waals surface area (Å²) in [4.78, 5) is 31.3. The van der Waals surface area contributed by atoms with Gasteiger partial charge in [0, 0.05) is 6.07 Å². The molecule has 0 radical (unpaired) electrons. The van der Waals surface area contributed by atoms with Gasteiger partial charge in [0.2, 0.25) is 0 Å². The Kier molecular flexibility index (Phi) is 14.6. The van der Waals surface area contributed by atoms with Crippen LogP contribution in [0.3, 0.4) is 0 Å². The summed E-state index contributed by atoms with van der Waals surface area (Å²) in [6, 6.07) is 13.1. The third kappa shape index (κ3) is 12.8. The molecule has 0 spiro atoms. The van der Waals surface area contributed by atoms with E-state index in [4.69, 9.17) is 45.3 Å². The van der Waals surface area contributed by atoms with Crippen molar-refractivity contribution in [2.75, 3.05) is 24.3 Å². The third-order valence-corrected chi connectivity index (χ3v) is 6.11. The normalized spacial score (nSPS) is 10.9. The molecule has 5 N–H and O–H groups in total. The highest BCUT2D eigenvalue weighted by Gasteiger charge is 2.20. The van der Waals surface area contributed by atoms with E-state index in [-0.39, 0.29) is 39.9 Å². The van der Waals surface area contributed by atoms with Gasteiger partial charge in [-0.2, -0.15) is 0 Å². The molecule has 0 fully saturated rings. The number of nitrogens with two attached hydrogens (primary N) is 1. The van der Waals surface area contributed by atoms with Crippen molar-refractivity contribution in [3.05, 3.63) is 86.6 Å². The number of carbonyl (C=O) groups excluding carboxylic acids is 2. The number of hydrogen-bond donors (Lipinski definition) is 4. The largest absolute Gasteiger partial charge is 0.461 e. The van der Waals surface area contributed by atoms with Crippen LogP contribution in [0.4, 0.5) is 17.3 Å². The number of hydrogen-bond acceptors (Lipinski definition) is 14. The highest BCUT2D eigenvalue weighted by molar-refractivity contribution is 6.35. The highest BCUT2D eigenvalue weighted by atomic mass is 35.5. The lowest BCUT2D eigenvalue weighted by atomic mass is 10.1. The summed E-state index contributed by atoms with van der Waals surface area (Å²) in [7, 11) is 0. The first-order valence-corrected chi connectivity index (χ1v) is 15.1. The molecule has 0 unspecified atom stereocenters. The van der Waals surface area contributed by atoms with Gasteiger partial charge in [-0.15, -0.1) is 20.4 Å². The fraction of sp³-hybridized carbons (Fsp3) is 0.333. The summed E-state index contributed by atoms with van der Waals surface area (Å²) in [6.45, 7) is 10.5. The third-order valence-electron chi connectivity index (χ3n) is 5.46. The molecule has 0 aliphatic heterocycles. The fourth-order valence-corrected chi connectivity index (χ4v) is 3.84. The van der Waals surface area contributed by atoms with Crippen molar-refractivity contribution in [2.24, 2.45) is 0 Å². The first-order valence-electron chi connectivity index (χ1n) is 13.9. The predicted octanol–water partition coefficient (Wildman–Crippen LogP) is 5.52. The summed E-state index contributed by atoms with van der Waals surface area (Å²) in [5.41, 5.74) is 4.82. The Bertz CT molecular complexity index is 1670. The molecule has 0 aliphatic rings. The molecule has 0 aliphatic carbocycles. The molecule has 17 heteroatoms. The van der Waals surface area contributed by atoms with E-state index < -0.39 is 23.1 Å². The van der Waals surface area contributed by atoms with E-state index in [1.165, 1.54) is 12.1 Å². The van der Waals surface area contributed by atoms with Crippen molar-refractivity contribution >= 4 is 64.1 Å². The number of nitrogens with zero attached hydrogens (tertiary/aromatic N) is 6. The second-order valence-corrected chi connectivity index (χ2v) is 11.5. The monoisotopic (exact) mass is 708 g/mol. The van der Waals surface area contributed by atoms with Crippen LogP contribution in [-0.2, 0) is 20.7 Å². The average Bonchev–Trinajstić information content (AvgIpc) is 2.97. The Balaban J connectivity index is 0.000000270. The number of carbonyl (C=O) groups is 2. The molecule has 4 heterocycles. The Morgan fingerprint density at radius 2 is 1.26 bits per heavy atom. The molecule has 4 aromatic heterocycles. The van der Waals surface area contributed by atoms with Crippen LogP contribution in [0.5, 0.6) is 0 Å². The zero-order valence-corrected chi connectivity index (χ0v) is 28.7. The minimum atomic E-state index is -1.09. The molecule has 0 amide bonds. The summed E-state index contributed by atoms with van der Waals surface area (Å²) in [6.07, 6.45) is 0. The minimum Gasteiger partial charge on any atom is -0.461 e. The summed E-state index contributed by atoms with van der Waals surface area (Å²) in [5, 5.41) is 37.3. The Morgan fingerprint density at radius 1 is 0.766 bits per heavy atom. The van der Waals surface area contributed by atoms with Crippen molar-refractivity contribution in [3.63, 3.8) is 0 Å². The molecular weight excluding hydrogens is 675 g/mol. The molecule has 0 saturated carbocycles. The SMILES string of the molecule is CC(C)(O)c1cccc(N)n1.CCOC(=O)c1nnc(Cl)cc1Cl.CCOC(=O)c1nnc(Cl)cc1Nc1cccc(C(C)(C)O)n1. The number of pyridine rings is 2. The van der Waals surface area contributed by atoms with Crippen molar-refractivity contribution in [1.29, 1.82) is 0 Å². The molecule has 0 aromatic carbocycles. The van der Waals surface area contributed by atoms with E-state index in [0.717, 1.165) is 0 Å². The number of nitrogen functional groups attached to an aromatic ring is 1. The molecule has 4 rings (SSSR count). The Labute approximate surface area is 286 Å². The maximum atomic E-state index is 11.9. The summed E-state index contributed by atoms with van der Waals surface area (Å²) >= 11 is 17.0. The van der Waals surface area contributed by atoms with Gasteiger partial charge in [0.25, 0.3) is 0 Å². The number of halogens is 3.